The number of hydrogen-bond donors (Lipinski definition) is 2. The molecule has 0 rings (SSSR count). The van der Waals surface area contributed by atoms with E-state index in [0.717, 1.165) is 0 Å². The Morgan fingerprint density at radius 2 is 1.76 bits per heavy atom. The van der Waals surface area contributed by atoms with Gasteiger partial charge in [0.25, 0.3) is 0 Å². The molecule has 124 valence electrons. The van der Waals surface area contributed by atoms with E-state index >= 15 is 0 Å². The molecule has 0 aliphatic heterocycles. The van der Waals surface area contributed by atoms with Gasteiger partial charge in [-0.15, -0.1) is 0 Å². The number of carbonyl (C=O) groups excluding carboxylic acids is 2. The molecule has 0 fully saturated rings. The molecule has 0 saturated heterocycles. The van der Waals surface area contributed by atoms with Crippen molar-refractivity contribution in [1.82, 2.24) is 0 Å². The second kappa shape index (κ2) is 10.6. The predicted molar refractivity (Wildman–Crippen MR) is 77.6 cm³/mol. The van der Waals surface area contributed by atoms with Gasteiger partial charge in [0.2, 0.25) is 0 Å². The second-order valence-corrected chi connectivity index (χ2v) is 5.68. The molecular formula is C15H28O6. The summed E-state index contributed by atoms with van der Waals surface area (Å²) in [4.78, 5) is 23.0. The molecule has 0 aromatic carbocycles. The Bertz CT molecular complexity index is 313. The number of carbonyl (C=O) groups is 2. The molecule has 1 unspecified atom stereocenters. The highest BCUT2D eigenvalue weighted by Crippen LogP contribution is 2.21. The molecule has 0 saturated carbocycles. The minimum Gasteiger partial charge on any atom is -0.462 e. The van der Waals surface area contributed by atoms with Crippen molar-refractivity contribution in [3.63, 3.8) is 0 Å². The maximum Gasteiger partial charge on any atom is 0.311 e. The van der Waals surface area contributed by atoms with Crippen LogP contribution >= 0.6 is 0 Å². The van der Waals surface area contributed by atoms with E-state index < -0.39 is 11.5 Å². The van der Waals surface area contributed by atoms with Gasteiger partial charge in [-0.1, -0.05) is 13.3 Å². The Morgan fingerprint density at radius 1 is 1.14 bits per heavy atom. The summed E-state index contributed by atoms with van der Waals surface area (Å²) < 4.78 is 9.99. The fourth-order valence-corrected chi connectivity index (χ4v) is 1.44. The number of aliphatic hydroxyl groups excluding tert-OH is 2. The topological polar surface area (TPSA) is 93.1 Å². The molecule has 21 heavy (non-hydrogen) atoms. The van der Waals surface area contributed by atoms with E-state index in [4.69, 9.17) is 19.7 Å². The van der Waals surface area contributed by atoms with Gasteiger partial charge in [-0.25, -0.2) is 0 Å². The van der Waals surface area contributed by atoms with Crippen LogP contribution in [0.3, 0.4) is 0 Å². The maximum absolute atomic E-state index is 11.6. The SMILES string of the molecule is CCC(C)(C)C(=O)OCCOC(=O)CCCCC(O)CO. The first-order valence-corrected chi connectivity index (χ1v) is 7.45. The number of aliphatic hydroxyl groups is 2. The fourth-order valence-electron chi connectivity index (χ4n) is 1.44. The summed E-state index contributed by atoms with van der Waals surface area (Å²) in [6.07, 6.45) is 1.93. The molecule has 0 amide bonds. The second-order valence-electron chi connectivity index (χ2n) is 5.68. The Morgan fingerprint density at radius 3 is 2.33 bits per heavy atom. The summed E-state index contributed by atoms with van der Waals surface area (Å²) in [6, 6.07) is 0. The quantitative estimate of drug-likeness (QED) is 0.443. The molecule has 0 heterocycles. The van der Waals surface area contributed by atoms with Crippen molar-refractivity contribution in [2.24, 2.45) is 5.41 Å². The first kappa shape index (κ1) is 19.9. The van der Waals surface area contributed by atoms with Crippen molar-refractivity contribution in [2.75, 3.05) is 19.8 Å². The van der Waals surface area contributed by atoms with Crippen molar-refractivity contribution in [3.05, 3.63) is 0 Å². The zero-order valence-corrected chi connectivity index (χ0v) is 13.3. The molecule has 0 aromatic heterocycles. The summed E-state index contributed by atoms with van der Waals surface area (Å²) in [5, 5.41) is 17.7. The van der Waals surface area contributed by atoms with Crippen LogP contribution in [-0.4, -0.2) is 48.1 Å². The summed E-state index contributed by atoms with van der Waals surface area (Å²) in [6.45, 7) is 5.39. The zero-order valence-electron chi connectivity index (χ0n) is 13.3. The predicted octanol–water partition coefficient (Wildman–Crippen LogP) is 1.42. The molecule has 0 aliphatic rings. The van der Waals surface area contributed by atoms with E-state index in [1.807, 2.05) is 20.8 Å². The van der Waals surface area contributed by atoms with Crippen LogP contribution in [0.15, 0.2) is 0 Å². The molecular weight excluding hydrogens is 276 g/mol. The average molecular weight is 304 g/mol. The molecule has 0 radical (unpaired) electrons. The summed E-state index contributed by atoms with van der Waals surface area (Å²) in [5.41, 5.74) is -0.516. The number of unbranched alkanes of at least 4 members (excludes halogenated alkanes) is 1. The third-order valence-corrected chi connectivity index (χ3v) is 3.40. The minimum atomic E-state index is -0.720. The fraction of sp³-hybridized carbons (Fsp3) is 0.867. The van der Waals surface area contributed by atoms with Crippen LogP contribution in [0.2, 0.25) is 0 Å². The Labute approximate surface area is 126 Å². The Hall–Kier alpha value is -1.14. The van der Waals surface area contributed by atoms with Gasteiger partial charge < -0.3 is 19.7 Å². The number of esters is 2. The van der Waals surface area contributed by atoms with Gasteiger partial charge in [0, 0.05) is 6.42 Å². The van der Waals surface area contributed by atoms with Gasteiger partial charge in [0.05, 0.1) is 18.1 Å². The van der Waals surface area contributed by atoms with Gasteiger partial charge in [0.15, 0.2) is 0 Å². The van der Waals surface area contributed by atoms with Crippen molar-refractivity contribution in [1.29, 1.82) is 0 Å². The molecule has 0 spiro atoms. The highest BCUT2D eigenvalue weighted by atomic mass is 16.6. The third kappa shape index (κ3) is 9.42. The van der Waals surface area contributed by atoms with Gasteiger partial charge in [0.1, 0.15) is 13.2 Å². The van der Waals surface area contributed by atoms with E-state index in [0.29, 0.717) is 25.7 Å². The normalized spacial score (nSPS) is 12.8. The number of ether oxygens (including phenoxy) is 2. The van der Waals surface area contributed by atoms with E-state index in [-0.39, 0.29) is 38.2 Å². The minimum absolute atomic E-state index is 0.0592. The molecule has 1 atom stereocenters. The highest BCUT2D eigenvalue weighted by Gasteiger charge is 2.26. The van der Waals surface area contributed by atoms with Gasteiger partial charge in [-0.3, -0.25) is 9.59 Å². The molecule has 0 aromatic rings. The van der Waals surface area contributed by atoms with Crippen LogP contribution in [-0.2, 0) is 19.1 Å². The van der Waals surface area contributed by atoms with Gasteiger partial charge in [-0.2, -0.15) is 0 Å². The van der Waals surface area contributed by atoms with Crippen molar-refractivity contribution < 1.29 is 29.3 Å². The lowest BCUT2D eigenvalue weighted by atomic mass is 9.91. The highest BCUT2D eigenvalue weighted by molar-refractivity contribution is 5.75. The first-order chi connectivity index (χ1) is 9.83. The molecule has 6 heteroatoms. The summed E-state index contributed by atoms with van der Waals surface area (Å²) in [5.74, 6) is -0.640. The van der Waals surface area contributed by atoms with Crippen LogP contribution in [0.4, 0.5) is 0 Å². The van der Waals surface area contributed by atoms with Gasteiger partial charge in [-0.05, 0) is 33.1 Å². The van der Waals surface area contributed by atoms with E-state index in [2.05, 4.69) is 0 Å². The Balaban J connectivity index is 3.61. The van der Waals surface area contributed by atoms with Crippen molar-refractivity contribution in [3.8, 4) is 0 Å². The standard InChI is InChI=1S/C15H28O6/c1-4-15(2,3)14(19)21-10-9-20-13(18)8-6-5-7-12(17)11-16/h12,16-17H,4-11H2,1-3H3. The van der Waals surface area contributed by atoms with Gasteiger partial charge >= 0.3 is 11.9 Å². The lowest BCUT2D eigenvalue weighted by Crippen LogP contribution is -2.27. The zero-order chi connectivity index (χ0) is 16.3. The number of hydrogen-bond acceptors (Lipinski definition) is 6. The Kier molecular flexibility index (Phi) is 9.99. The lowest BCUT2D eigenvalue weighted by Gasteiger charge is -2.20. The van der Waals surface area contributed by atoms with E-state index in [1.165, 1.54) is 0 Å². The summed E-state index contributed by atoms with van der Waals surface area (Å²) >= 11 is 0. The molecule has 6 nitrogen and oxygen atoms in total. The molecule has 2 N–H and O–H groups in total. The third-order valence-electron chi connectivity index (χ3n) is 3.40. The maximum atomic E-state index is 11.6. The summed E-state index contributed by atoms with van der Waals surface area (Å²) in [7, 11) is 0. The van der Waals surface area contributed by atoms with Crippen LogP contribution < -0.4 is 0 Å². The lowest BCUT2D eigenvalue weighted by molar-refractivity contribution is -0.159. The largest absolute Gasteiger partial charge is 0.462 e. The smallest absolute Gasteiger partial charge is 0.311 e. The average Bonchev–Trinajstić information content (AvgIpc) is 2.47. The van der Waals surface area contributed by atoms with Crippen molar-refractivity contribution in [2.45, 2.75) is 59.0 Å². The van der Waals surface area contributed by atoms with Crippen LogP contribution in [0, 0.1) is 5.41 Å². The monoisotopic (exact) mass is 304 g/mol. The number of rotatable bonds is 11. The van der Waals surface area contributed by atoms with Crippen LogP contribution in [0.1, 0.15) is 52.9 Å². The van der Waals surface area contributed by atoms with Crippen LogP contribution in [0.25, 0.3) is 0 Å². The first-order valence-electron chi connectivity index (χ1n) is 7.45. The van der Waals surface area contributed by atoms with E-state index in [1.54, 1.807) is 0 Å². The van der Waals surface area contributed by atoms with E-state index in [9.17, 15) is 9.59 Å². The van der Waals surface area contributed by atoms with Crippen LogP contribution in [0.5, 0.6) is 0 Å². The molecule has 0 aliphatic carbocycles. The molecule has 0 bridgehead atoms. The van der Waals surface area contributed by atoms with Crippen molar-refractivity contribution >= 4 is 11.9 Å².